The predicted octanol–water partition coefficient (Wildman–Crippen LogP) is 6.76. The summed E-state index contributed by atoms with van der Waals surface area (Å²) in [5, 5.41) is -0.232. The maximum absolute atomic E-state index is 14.0. The third-order valence-corrected chi connectivity index (χ3v) is 6.36. The number of aromatic nitrogens is 1. The van der Waals surface area contributed by atoms with Crippen LogP contribution in [0, 0.1) is 12.7 Å². The van der Waals surface area contributed by atoms with Gasteiger partial charge in [0.2, 0.25) is 11.2 Å². The van der Waals surface area contributed by atoms with E-state index in [1.54, 1.807) is 24.3 Å². The quantitative estimate of drug-likeness (QED) is 0.156. The lowest BCUT2D eigenvalue weighted by Gasteiger charge is -2.14. The van der Waals surface area contributed by atoms with Gasteiger partial charge in [-0.15, -0.1) is 11.3 Å². The Morgan fingerprint density at radius 1 is 1.03 bits per heavy atom. The zero-order valence-corrected chi connectivity index (χ0v) is 18.6. The van der Waals surface area contributed by atoms with Crippen LogP contribution in [-0.2, 0) is 6.18 Å². The maximum Gasteiger partial charge on any atom is 0.450 e. The number of para-hydroxylation sites is 1. The molecular formula is C25H13F4NO4S. The zero-order chi connectivity index (χ0) is 24.9. The fourth-order valence-electron chi connectivity index (χ4n) is 3.60. The molecule has 0 spiro atoms. The van der Waals surface area contributed by atoms with Gasteiger partial charge in [-0.25, -0.2) is 14.2 Å². The molecule has 0 bridgehead atoms. The smallest absolute Gasteiger partial charge is 0.450 e. The zero-order valence-electron chi connectivity index (χ0n) is 17.8. The second-order valence-corrected chi connectivity index (χ2v) is 8.61. The first kappa shape index (κ1) is 22.7. The molecule has 5 nitrogen and oxygen atoms in total. The number of hydrogen-bond acceptors (Lipinski definition) is 6. The van der Waals surface area contributed by atoms with E-state index in [0.29, 0.717) is 10.2 Å². The van der Waals surface area contributed by atoms with Gasteiger partial charge < -0.3 is 9.15 Å². The average Bonchev–Trinajstić information content (AvgIpc) is 3.24. The highest BCUT2D eigenvalue weighted by molar-refractivity contribution is 7.21. The lowest BCUT2D eigenvalue weighted by atomic mass is 10.1. The molecule has 35 heavy (non-hydrogen) atoms. The lowest BCUT2D eigenvalue weighted by Crippen LogP contribution is -2.17. The number of halogens is 4. The standard InChI is InChI=1S/C25H13F4NO4S/c1-12-17(33-24(32)13-6-8-14(26)9-7-13)11-10-15-20(31)19(22(25(27,28)29)34-21(12)15)23-30-16-4-2-3-5-18(16)35-23/h2-11H,1H3. The Morgan fingerprint density at radius 3 is 2.43 bits per heavy atom. The van der Waals surface area contributed by atoms with Crippen molar-refractivity contribution in [1.29, 1.82) is 0 Å². The highest BCUT2D eigenvalue weighted by atomic mass is 32.1. The highest BCUT2D eigenvalue weighted by Gasteiger charge is 2.40. The number of benzene rings is 3. The average molecular weight is 499 g/mol. The largest absolute Gasteiger partial charge is 0.450 e. The van der Waals surface area contributed by atoms with Crippen molar-refractivity contribution in [2.75, 3.05) is 0 Å². The van der Waals surface area contributed by atoms with Crippen molar-refractivity contribution in [2.24, 2.45) is 0 Å². The van der Waals surface area contributed by atoms with Gasteiger partial charge in [-0.3, -0.25) is 4.79 Å². The molecule has 2 aromatic heterocycles. The highest BCUT2D eigenvalue weighted by Crippen LogP contribution is 2.41. The maximum atomic E-state index is 14.0. The number of alkyl halides is 3. The lowest BCUT2D eigenvalue weighted by molar-refractivity contribution is -0.152. The van der Waals surface area contributed by atoms with E-state index in [9.17, 15) is 27.2 Å². The van der Waals surface area contributed by atoms with Gasteiger partial charge in [-0.2, -0.15) is 13.2 Å². The third-order valence-electron chi connectivity index (χ3n) is 5.31. The van der Waals surface area contributed by atoms with Crippen LogP contribution in [-0.4, -0.2) is 11.0 Å². The van der Waals surface area contributed by atoms with Gasteiger partial charge in [-0.05, 0) is 55.5 Å². The Balaban J connectivity index is 1.67. The molecular weight excluding hydrogens is 486 g/mol. The monoisotopic (exact) mass is 499 g/mol. The van der Waals surface area contributed by atoms with E-state index in [0.717, 1.165) is 23.5 Å². The van der Waals surface area contributed by atoms with E-state index in [-0.39, 0.29) is 32.9 Å². The number of fused-ring (bicyclic) bond motifs is 2. The minimum absolute atomic E-state index is 0.0245. The molecule has 5 aromatic rings. The van der Waals surface area contributed by atoms with Crippen molar-refractivity contribution in [3.05, 3.63) is 93.6 Å². The second kappa shape index (κ2) is 8.31. The summed E-state index contributed by atoms with van der Waals surface area (Å²) in [4.78, 5) is 29.9. The number of aryl methyl sites for hydroxylation is 1. The number of thiazole rings is 1. The number of nitrogens with zero attached hydrogens (tertiary/aromatic N) is 1. The number of ether oxygens (including phenoxy) is 1. The summed E-state index contributed by atoms with van der Waals surface area (Å²) < 4.78 is 66.3. The third kappa shape index (κ3) is 4.06. The Labute approximate surface area is 198 Å². The number of carbonyl (C=O) groups excluding carboxylic acids is 1. The summed E-state index contributed by atoms with van der Waals surface area (Å²) in [6.07, 6.45) is -4.99. The van der Waals surface area contributed by atoms with E-state index in [4.69, 9.17) is 9.15 Å². The van der Waals surface area contributed by atoms with Crippen LogP contribution in [0.1, 0.15) is 21.7 Å². The molecule has 10 heteroatoms. The normalized spacial score (nSPS) is 11.8. The molecule has 0 N–H and O–H groups in total. The topological polar surface area (TPSA) is 69.4 Å². The summed E-state index contributed by atoms with van der Waals surface area (Å²) in [7, 11) is 0. The number of hydrogen-bond donors (Lipinski definition) is 0. The molecule has 0 aliphatic rings. The first-order chi connectivity index (χ1) is 16.6. The summed E-state index contributed by atoms with van der Waals surface area (Å²) in [5.74, 6) is -2.99. The molecule has 0 radical (unpaired) electrons. The molecule has 0 fully saturated rings. The van der Waals surface area contributed by atoms with Crippen molar-refractivity contribution in [1.82, 2.24) is 4.98 Å². The first-order valence-electron chi connectivity index (χ1n) is 10.1. The second-order valence-electron chi connectivity index (χ2n) is 7.58. The molecule has 0 atom stereocenters. The van der Waals surface area contributed by atoms with E-state index in [1.165, 1.54) is 31.2 Å². The van der Waals surface area contributed by atoms with Gasteiger partial charge in [0.05, 0.1) is 21.2 Å². The van der Waals surface area contributed by atoms with Crippen molar-refractivity contribution < 1.29 is 31.5 Å². The van der Waals surface area contributed by atoms with E-state index < -0.39 is 34.7 Å². The van der Waals surface area contributed by atoms with Crippen molar-refractivity contribution in [3.63, 3.8) is 0 Å². The van der Waals surface area contributed by atoms with Crippen LogP contribution < -0.4 is 10.2 Å². The van der Waals surface area contributed by atoms with Crippen LogP contribution in [0.4, 0.5) is 17.6 Å². The molecule has 0 saturated carbocycles. The first-order valence-corrected chi connectivity index (χ1v) is 11.0. The molecule has 0 amide bonds. The van der Waals surface area contributed by atoms with Crippen LogP contribution in [0.3, 0.4) is 0 Å². The van der Waals surface area contributed by atoms with Crippen LogP contribution >= 0.6 is 11.3 Å². The number of rotatable bonds is 3. The van der Waals surface area contributed by atoms with Gasteiger partial charge in [0.15, 0.2) is 0 Å². The molecule has 0 aliphatic heterocycles. The SMILES string of the molecule is Cc1c(OC(=O)c2ccc(F)cc2)ccc2c(=O)c(-c3nc4ccccc4s3)c(C(F)(F)F)oc12. The van der Waals surface area contributed by atoms with Gasteiger partial charge in [0.1, 0.15) is 27.7 Å². The minimum Gasteiger partial charge on any atom is -0.450 e. The summed E-state index contributed by atoms with van der Waals surface area (Å²) in [6, 6.07) is 13.8. The summed E-state index contributed by atoms with van der Waals surface area (Å²) >= 11 is 0.951. The van der Waals surface area contributed by atoms with Crippen LogP contribution in [0.2, 0.25) is 0 Å². The van der Waals surface area contributed by atoms with Crippen LogP contribution in [0.15, 0.2) is 69.9 Å². The van der Waals surface area contributed by atoms with Crippen LogP contribution in [0.25, 0.3) is 31.8 Å². The fourth-order valence-corrected chi connectivity index (χ4v) is 4.61. The Kier molecular flexibility index (Phi) is 5.40. The Hall–Kier alpha value is -4.05. The van der Waals surface area contributed by atoms with Crippen LogP contribution in [0.5, 0.6) is 5.75 Å². The molecule has 176 valence electrons. The summed E-state index contributed by atoms with van der Waals surface area (Å²) in [5.41, 5.74) is -1.43. The predicted molar refractivity (Wildman–Crippen MR) is 122 cm³/mol. The van der Waals surface area contributed by atoms with Gasteiger partial charge in [0.25, 0.3) is 0 Å². The molecule has 2 heterocycles. The van der Waals surface area contributed by atoms with E-state index >= 15 is 0 Å². The molecule has 0 aliphatic carbocycles. The van der Waals surface area contributed by atoms with Gasteiger partial charge >= 0.3 is 12.1 Å². The van der Waals surface area contributed by atoms with Crippen molar-refractivity contribution in [3.8, 4) is 16.3 Å². The number of carbonyl (C=O) groups is 1. The Bertz CT molecular complexity index is 1640. The van der Waals surface area contributed by atoms with Gasteiger partial charge in [-0.1, -0.05) is 12.1 Å². The molecule has 3 aromatic carbocycles. The van der Waals surface area contributed by atoms with Gasteiger partial charge in [0, 0.05) is 5.56 Å². The fraction of sp³-hybridized carbons (Fsp3) is 0.0800. The molecule has 0 saturated heterocycles. The van der Waals surface area contributed by atoms with Crippen molar-refractivity contribution in [2.45, 2.75) is 13.1 Å². The Morgan fingerprint density at radius 2 is 1.74 bits per heavy atom. The molecule has 0 unspecified atom stereocenters. The van der Waals surface area contributed by atoms with E-state index in [2.05, 4.69) is 4.98 Å². The molecule has 5 rings (SSSR count). The minimum atomic E-state index is -4.99. The van der Waals surface area contributed by atoms with Crippen molar-refractivity contribution >= 4 is 38.5 Å². The number of esters is 1. The van der Waals surface area contributed by atoms with E-state index in [1.807, 2.05) is 0 Å². The summed E-state index contributed by atoms with van der Waals surface area (Å²) in [6.45, 7) is 1.37.